The van der Waals surface area contributed by atoms with E-state index in [1.54, 1.807) is 0 Å². The van der Waals surface area contributed by atoms with Crippen molar-refractivity contribution >= 4 is 32.6 Å². The van der Waals surface area contributed by atoms with Gasteiger partial charge in [-0.05, 0) is 6.42 Å². The van der Waals surface area contributed by atoms with Gasteiger partial charge in [0.1, 0.15) is 24.8 Å². The monoisotopic (exact) mass is 453 g/mol. The highest BCUT2D eigenvalue weighted by Crippen LogP contribution is 2.45. The zero-order chi connectivity index (χ0) is 21.2. The molecule has 0 spiro atoms. The van der Waals surface area contributed by atoms with Crippen LogP contribution >= 0.6 is 15.6 Å². The lowest BCUT2D eigenvalue weighted by Crippen LogP contribution is -2.28. The summed E-state index contributed by atoms with van der Waals surface area (Å²) in [6.45, 7) is 2.05. The molecule has 0 aromatic carbocycles. The van der Waals surface area contributed by atoms with E-state index in [0.717, 1.165) is 6.42 Å². The van der Waals surface area contributed by atoms with Gasteiger partial charge in [0, 0.05) is 13.0 Å². The fourth-order valence-corrected chi connectivity index (χ4v) is 3.83. The Morgan fingerprint density at radius 1 is 1.24 bits per heavy atom. The van der Waals surface area contributed by atoms with E-state index in [1.807, 2.05) is 6.92 Å². The SMILES string of the molecule is CCCNc1ncnc2c1ncn2C1CC(OP(=O)(O)O)C(COP(=O)(O)O)O1. The van der Waals surface area contributed by atoms with Crippen molar-refractivity contribution in [1.29, 1.82) is 0 Å². The lowest BCUT2D eigenvalue weighted by atomic mass is 10.2. The maximum Gasteiger partial charge on any atom is 0.469 e. The molecule has 29 heavy (non-hydrogen) atoms. The van der Waals surface area contributed by atoms with Gasteiger partial charge in [0.25, 0.3) is 0 Å². The minimum Gasteiger partial charge on any atom is -0.368 e. The van der Waals surface area contributed by atoms with E-state index in [4.69, 9.17) is 28.8 Å². The average molecular weight is 453 g/mol. The Morgan fingerprint density at radius 3 is 2.66 bits per heavy atom. The molecule has 3 unspecified atom stereocenters. The minimum absolute atomic E-state index is 0.0342. The van der Waals surface area contributed by atoms with Crippen LogP contribution in [0.25, 0.3) is 11.2 Å². The Balaban J connectivity index is 1.84. The molecule has 16 heteroatoms. The molecule has 162 valence electrons. The van der Waals surface area contributed by atoms with E-state index in [2.05, 4.69) is 24.8 Å². The van der Waals surface area contributed by atoms with Crippen molar-refractivity contribution < 1.29 is 42.5 Å². The van der Waals surface area contributed by atoms with Crippen molar-refractivity contribution in [2.45, 2.75) is 38.2 Å². The van der Waals surface area contributed by atoms with Crippen molar-refractivity contribution in [3.63, 3.8) is 0 Å². The molecule has 0 bridgehead atoms. The summed E-state index contributed by atoms with van der Waals surface area (Å²) in [7, 11) is -9.69. The standard InChI is InChI=1S/C13H21N5O9P2/c1-2-3-14-12-11-13(16-6-15-12)18(7-17-11)10-4-8(27-29(22,23)24)9(26-10)5-25-28(19,20)21/h6-10H,2-5H2,1H3,(H,14,15,16)(H2,19,20,21)(H2,22,23,24). The number of phosphoric ester groups is 2. The molecule has 0 radical (unpaired) electrons. The topological polar surface area (TPSA) is 198 Å². The Kier molecular flexibility index (Phi) is 6.68. The van der Waals surface area contributed by atoms with Crippen molar-refractivity contribution in [3.8, 4) is 0 Å². The number of hydrogen-bond acceptors (Lipinski definition) is 9. The Bertz CT molecular complexity index is 944. The number of anilines is 1. The third-order valence-corrected chi connectivity index (χ3v) is 5.10. The van der Waals surface area contributed by atoms with Gasteiger partial charge in [-0.3, -0.25) is 13.6 Å². The van der Waals surface area contributed by atoms with Gasteiger partial charge in [0.15, 0.2) is 17.0 Å². The van der Waals surface area contributed by atoms with Gasteiger partial charge in [-0.15, -0.1) is 0 Å². The highest BCUT2D eigenvalue weighted by Gasteiger charge is 2.42. The summed E-state index contributed by atoms with van der Waals surface area (Å²) in [5.74, 6) is 0.526. The van der Waals surface area contributed by atoms with E-state index in [0.29, 0.717) is 23.5 Å². The third-order valence-electron chi connectivity index (χ3n) is 4.07. The molecule has 5 N–H and O–H groups in total. The van der Waals surface area contributed by atoms with Crippen molar-refractivity contribution in [2.24, 2.45) is 0 Å². The maximum absolute atomic E-state index is 11.3. The number of phosphoric acid groups is 2. The van der Waals surface area contributed by atoms with E-state index < -0.39 is 40.7 Å². The van der Waals surface area contributed by atoms with Crippen molar-refractivity contribution in [1.82, 2.24) is 19.5 Å². The predicted molar refractivity (Wildman–Crippen MR) is 97.5 cm³/mol. The number of ether oxygens (including phenoxy) is 1. The van der Waals surface area contributed by atoms with E-state index in [1.165, 1.54) is 17.2 Å². The first kappa shape index (κ1) is 22.2. The quantitative estimate of drug-likeness (QED) is 0.330. The number of nitrogens with one attached hydrogen (secondary N) is 1. The Morgan fingerprint density at radius 2 is 2.00 bits per heavy atom. The first-order valence-corrected chi connectivity index (χ1v) is 11.6. The van der Waals surface area contributed by atoms with Gasteiger partial charge in [-0.1, -0.05) is 6.92 Å². The molecule has 1 saturated heterocycles. The summed E-state index contributed by atoms with van der Waals surface area (Å²) >= 11 is 0. The molecule has 3 rings (SSSR count). The fraction of sp³-hybridized carbons (Fsp3) is 0.615. The van der Waals surface area contributed by atoms with Gasteiger partial charge in [-0.2, -0.15) is 0 Å². The van der Waals surface area contributed by atoms with Crippen LogP contribution in [-0.2, 0) is 22.9 Å². The summed E-state index contributed by atoms with van der Waals surface area (Å²) < 4.78 is 38.6. The Labute approximate surface area is 164 Å². The van der Waals surface area contributed by atoms with E-state index >= 15 is 0 Å². The van der Waals surface area contributed by atoms with Gasteiger partial charge in [0.2, 0.25) is 0 Å². The lowest BCUT2D eigenvalue weighted by molar-refractivity contribution is -0.0417. The number of nitrogens with zero attached hydrogens (tertiary/aromatic N) is 4. The summed E-state index contributed by atoms with van der Waals surface area (Å²) in [6.07, 6.45) is 0.485. The van der Waals surface area contributed by atoms with Crippen LogP contribution in [0.5, 0.6) is 0 Å². The first-order valence-electron chi connectivity index (χ1n) is 8.58. The lowest BCUT2D eigenvalue weighted by Gasteiger charge is -2.19. The van der Waals surface area contributed by atoms with Gasteiger partial charge >= 0.3 is 15.6 Å². The minimum atomic E-state index is -4.88. The highest BCUT2D eigenvalue weighted by atomic mass is 31.2. The van der Waals surface area contributed by atoms with Crippen LogP contribution in [0.2, 0.25) is 0 Å². The first-order chi connectivity index (χ1) is 13.6. The number of aromatic nitrogens is 4. The van der Waals surface area contributed by atoms with Crippen LogP contribution in [0, 0.1) is 0 Å². The third kappa shape index (κ3) is 5.79. The number of imidazole rings is 1. The van der Waals surface area contributed by atoms with Crippen molar-refractivity contribution in [3.05, 3.63) is 12.7 Å². The van der Waals surface area contributed by atoms with Crippen LogP contribution < -0.4 is 5.32 Å². The second-order valence-electron chi connectivity index (χ2n) is 6.26. The molecular formula is C13H21N5O9P2. The average Bonchev–Trinajstić information content (AvgIpc) is 3.20. The molecule has 3 atom stereocenters. The van der Waals surface area contributed by atoms with E-state index in [9.17, 15) is 9.13 Å². The van der Waals surface area contributed by atoms with E-state index in [-0.39, 0.29) is 6.42 Å². The smallest absolute Gasteiger partial charge is 0.368 e. The second-order valence-corrected chi connectivity index (χ2v) is 8.69. The molecule has 1 aliphatic rings. The van der Waals surface area contributed by atoms with Crippen LogP contribution in [0.3, 0.4) is 0 Å². The molecule has 0 amide bonds. The predicted octanol–water partition coefficient (Wildman–Crippen LogP) is 0.523. The number of hydrogen-bond donors (Lipinski definition) is 5. The summed E-state index contributed by atoms with van der Waals surface area (Å²) in [5, 5.41) is 3.12. The molecule has 0 saturated carbocycles. The number of rotatable bonds is 9. The molecule has 3 heterocycles. The highest BCUT2D eigenvalue weighted by molar-refractivity contribution is 7.46. The zero-order valence-corrected chi connectivity index (χ0v) is 17.0. The van der Waals surface area contributed by atoms with Crippen LogP contribution in [0.15, 0.2) is 12.7 Å². The molecule has 2 aromatic rings. The molecule has 1 fully saturated rings. The maximum atomic E-state index is 11.3. The van der Waals surface area contributed by atoms with Crippen LogP contribution in [0.4, 0.5) is 5.82 Å². The number of fused-ring (bicyclic) bond motifs is 1. The zero-order valence-electron chi connectivity index (χ0n) is 15.2. The van der Waals surface area contributed by atoms with Crippen LogP contribution in [0.1, 0.15) is 26.0 Å². The van der Waals surface area contributed by atoms with Gasteiger partial charge in [-0.25, -0.2) is 24.1 Å². The molecular weight excluding hydrogens is 432 g/mol. The van der Waals surface area contributed by atoms with Crippen LogP contribution in [-0.4, -0.2) is 64.5 Å². The molecule has 1 aliphatic heterocycles. The summed E-state index contributed by atoms with van der Waals surface area (Å²) in [4.78, 5) is 48.6. The molecule has 14 nitrogen and oxygen atoms in total. The largest absolute Gasteiger partial charge is 0.469 e. The van der Waals surface area contributed by atoms with Gasteiger partial charge in [0.05, 0.1) is 12.9 Å². The normalized spacial score (nSPS) is 23.0. The van der Waals surface area contributed by atoms with Crippen molar-refractivity contribution in [2.75, 3.05) is 18.5 Å². The Hall–Kier alpha value is -1.47. The summed E-state index contributed by atoms with van der Waals surface area (Å²) in [6, 6.07) is 0. The molecule has 0 aliphatic carbocycles. The van der Waals surface area contributed by atoms with Gasteiger partial charge < -0.3 is 29.6 Å². The summed E-state index contributed by atoms with van der Waals surface area (Å²) in [5.41, 5.74) is 0.891. The molecule has 2 aromatic heterocycles. The fourth-order valence-electron chi connectivity index (χ4n) is 2.91. The second kappa shape index (κ2) is 8.72.